The number of anilines is 2. The van der Waals surface area contributed by atoms with Crippen LogP contribution in [0.4, 0.5) is 15.8 Å². The molecule has 190 valence electrons. The van der Waals surface area contributed by atoms with E-state index >= 15 is 0 Å². The third-order valence-corrected chi connectivity index (χ3v) is 7.68. The van der Waals surface area contributed by atoms with E-state index in [4.69, 9.17) is 0 Å². The van der Waals surface area contributed by atoms with Crippen LogP contribution in [0.3, 0.4) is 0 Å². The molecule has 2 aliphatic carbocycles. The maximum absolute atomic E-state index is 14.0. The predicted molar refractivity (Wildman–Crippen MR) is 145 cm³/mol. The van der Waals surface area contributed by atoms with Crippen LogP contribution in [0.1, 0.15) is 65.9 Å². The second-order valence-electron chi connectivity index (χ2n) is 11.0. The molecule has 6 rings (SSSR count). The van der Waals surface area contributed by atoms with Crippen LogP contribution in [0.2, 0.25) is 0 Å². The average Bonchev–Trinajstić information content (AvgIpc) is 3.04. The Bertz CT molecular complexity index is 1560. The van der Waals surface area contributed by atoms with Crippen LogP contribution in [0.25, 0.3) is 0 Å². The first-order chi connectivity index (χ1) is 18.2. The molecule has 0 radical (unpaired) electrons. The van der Waals surface area contributed by atoms with Crippen LogP contribution in [0.15, 0.2) is 95.3 Å². The van der Waals surface area contributed by atoms with Crippen molar-refractivity contribution in [3.63, 3.8) is 0 Å². The lowest BCUT2D eigenvalue weighted by Gasteiger charge is -2.38. The summed E-state index contributed by atoms with van der Waals surface area (Å²) >= 11 is 0. The highest BCUT2D eigenvalue weighted by Gasteiger charge is 2.44. The van der Waals surface area contributed by atoms with E-state index in [9.17, 15) is 18.8 Å². The summed E-state index contributed by atoms with van der Waals surface area (Å²) in [6.07, 6.45) is 1.00. The molecule has 5 nitrogen and oxygen atoms in total. The fraction of sp³-hybridized carbons (Fsp3) is 0.219. The van der Waals surface area contributed by atoms with Gasteiger partial charge in [0.2, 0.25) is 0 Å². The van der Waals surface area contributed by atoms with Gasteiger partial charge in [0.25, 0.3) is 0 Å². The zero-order chi connectivity index (χ0) is 26.8. The lowest BCUT2D eigenvalue weighted by molar-refractivity contribution is -0.118. The first kappa shape index (κ1) is 24.0. The summed E-state index contributed by atoms with van der Waals surface area (Å²) in [4.78, 5) is 42.9. The minimum Gasteiger partial charge on any atom is -0.357 e. The second-order valence-corrected chi connectivity index (χ2v) is 11.0. The molecule has 3 aromatic carbocycles. The van der Waals surface area contributed by atoms with E-state index in [0.29, 0.717) is 40.8 Å². The summed E-state index contributed by atoms with van der Waals surface area (Å²) in [5.74, 6) is -1.06. The Morgan fingerprint density at radius 3 is 2.13 bits per heavy atom. The molecule has 1 aliphatic heterocycles. The number of Topliss-reactive ketones (excluding diaryl/α,β-unsaturated/α-hetero) is 3. The maximum atomic E-state index is 14.0. The fourth-order valence-corrected chi connectivity index (χ4v) is 6.02. The molecular weight excluding hydrogens is 479 g/mol. The van der Waals surface area contributed by atoms with Crippen molar-refractivity contribution in [3.8, 4) is 0 Å². The molecule has 0 spiro atoms. The van der Waals surface area contributed by atoms with Crippen LogP contribution in [-0.2, 0) is 4.79 Å². The van der Waals surface area contributed by atoms with Gasteiger partial charge in [0, 0.05) is 34.5 Å². The molecular formula is C32H27FN2O3. The quantitative estimate of drug-likeness (QED) is 0.306. The number of allylic oxidation sites excluding steroid dienone is 3. The van der Waals surface area contributed by atoms with Gasteiger partial charge in [0.15, 0.2) is 17.3 Å². The summed E-state index contributed by atoms with van der Waals surface area (Å²) in [7, 11) is 0. The first-order valence-electron chi connectivity index (χ1n) is 12.7. The molecule has 1 atom stereocenters. The maximum Gasteiger partial charge on any atom is 0.199 e. The number of rotatable bonds is 2. The van der Waals surface area contributed by atoms with Gasteiger partial charge < -0.3 is 10.2 Å². The van der Waals surface area contributed by atoms with Crippen LogP contribution in [0.5, 0.6) is 0 Å². The lowest BCUT2D eigenvalue weighted by atomic mass is 9.73. The van der Waals surface area contributed by atoms with Crippen molar-refractivity contribution in [2.45, 2.75) is 39.7 Å². The Hall–Kier alpha value is -4.32. The van der Waals surface area contributed by atoms with Gasteiger partial charge >= 0.3 is 0 Å². The molecule has 1 N–H and O–H groups in total. The van der Waals surface area contributed by atoms with E-state index in [1.165, 1.54) is 12.1 Å². The third kappa shape index (κ3) is 3.71. The minimum atomic E-state index is -0.665. The molecule has 3 aliphatic rings. The first-order valence-corrected chi connectivity index (χ1v) is 12.7. The van der Waals surface area contributed by atoms with Gasteiger partial charge in [-0.2, -0.15) is 0 Å². The molecule has 0 saturated carbocycles. The zero-order valence-corrected chi connectivity index (χ0v) is 21.5. The van der Waals surface area contributed by atoms with E-state index in [1.807, 2.05) is 29.2 Å². The Balaban J connectivity index is 1.65. The smallest absolute Gasteiger partial charge is 0.199 e. The number of fused-ring (bicyclic) bond motifs is 2. The number of nitrogens with one attached hydrogen (secondary N) is 1. The van der Waals surface area contributed by atoms with Crippen LogP contribution < -0.4 is 10.2 Å². The van der Waals surface area contributed by atoms with Gasteiger partial charge in [-0.05, 0) is 48.6 Å². The molecule has 0 amide bonds. The summed E-state index contributed by atoms with van der Waals surface area (Å²) in [6, 6.07) is 19.9. The van der Waals surface area contributed by atoms with Crippen molar-refractivity contribution in [3.05, 3.63) is 118 Å². The second kappa shape index (κ2) is 8.62. The van der Waals surface area contributed by atoms with Gasteiger partial charge in [0.1, 0.15) is 5.82 Å². The lowest BCUT2D eigenvalue weighted by Crippen LogP contribution is -2.36. The van der Waals surface area contributed by atoms with Crippen LogP contribution >= 0.6 is 0 Å². The number of nitrogens with zero attached hydrogens (tertiary/aromatic N) is 1. The number of ketones is 3. The number of benzene rings is 3. The highest BCUT2D eigenvalue weighted by Crippen LogP contribution is 2.50. The van der Waals surface area contributed by atoms with E-state index in [-0.39, 0.29) is 34.2 Å². The van der Waals surface area contributed by atoms with Gasteiger partial charge in [-0.3, -0.25) is 14.4 Å². The number of para-hydroxylation sites is 2. The van der Waals surface area contributed by atoms with Crippen molar-refractivity contribution in [1.82, 2.24) is 0 Å². The molecule has 0 unspecified atom stereocenters. The number of carbonyl (C=O) groups excluding carboxylic acids is 3. The summed E-state index contributed by atoms with van der Waals surface area (Å²) in [6.45, 7) is 5.89. The minimum absolute atomic E-state index is 0.0129. The predicted octanol–water partition coefficient (Wildman–Crippen LogP) is 6.80. The largest absolute Gasteiger partial charge is 0.357 e. The molecule has 0 aromatic heterocycles. The number of carbonyl (C=O) groups is 3. The Kier molecular flexibility index (Phi) is 5.45. The Labute approximate surface area is 220 Å². The van der Waals surface area contributed by atoms with Crippen LogP contribution in [-0.4, -0.2) is 17.3 Å². The highest BCUT2D eigenvalue weighted by molar-refractivity contribution is 6.40. The van der Waals surface area contributed by atoms with Crippen molar-refractivity contribution < 1.29 is 18.8 Å². The molecule has 38 heavy (non-hydrogen) atoms. The monoisotopic (exact) mass is 506 g/mol. The van der Waals surface area contributed by atoms with E-state index in [2.05, 4.69) is 19.2 Å². The van der Waals surface area contributed by atoms with Crippen LogP contribution in [0, 0.1) is 11.2 Å². The Morgan fingerprint density at radius 2 is 1.47 bits per heavy atom. The van der Waals surface area contributed by atoms with Gasteiger partial charge in [-0.15, -0.1) is 0 Å². The molecule has 6 heteroatoms. The van der Waals surface area contributed by atoms with Gasteiger partial charge in [-0.25, -0.2) is 4.39 Å². The number of halogens is 1. The van der Waals surface area contributed by atoms with Gasteiger partial charge in [0.05, 0.1) is 23.0 Å². The fourth-order valence-electron chi connectivity index (χ4n) is 6.02. The summed E-state index contributed by atoms with van der Waals surface area (Å²) in [5, 5.41) is 3.52. The third-order valence-electron chi connectivity index (χ3n) is 7.68. The summed E-state index contributed by atoms with van der Waals surface area (Å²) in [5.41, 5.74) is 4.61. The normalized spacial score (nSPS) is 20.0. The van der Waals surface area contributed by atoms with E-state index in [1.54, 1.807) is 43.3 Å². The number of hydrogen-bond donors (Lipinski definition) is 1. The standard InChI is InChI=1S/C32H27FN2O3/c1-18(27-30(37)21-8-4-5-9-22(21)31(27)38)35-25-11-7-6-10-23(25)34-24-16-32(2,3)17-26(36)28(24)29(35)19-12-14-20(33)15-13-19/h4-15,29,34H,16-17H2,1-3H3/t29-/m1/s1. The van der Waals surface area contributed by atoms with Gasteiger partial charge in [-0.1, -0.05) is 62.4 Å². The molecule has 0 saturated heterocycles. The summed E-state index contributed by atoms with van der Waals surface area (Å²) < 4.78 is 14.0. The van der Waals surface area contributed by atoms with Crippen molar-refractivity contribution in [2.75, 3.05) is 10.2 Å². The number of hydrogen-bond acceptors (Lipinski definition) is 5. The van der Waals surface area contributed by atoms with E-state index in [0.717, 1.165) is 17.1 Å². The SMILES string of the molecule is CC(=C1C(=O)c2ccccc2C1=O)N1c2ccccc2NC2=C(C(=O)CC(C)(C)C2)[C@H]1c1ccc(F)cc1. The molecule has 0 fully saturated rings. The topological polar surface area (TPSA) is 66.5 Å². The molecule has 0 bridgehead atoms. The van der Waals surface area contributed by atoms with Crippen molar-refractivity contribution >= 4 is 28.7 Å². The van der Waals surface area contributed by atoms with Crippen molar-refractivity contribution in [2.24, 2.45) is 5.41 Å². The zero-order valence-electron chi connectivity index (χ0n) is 21.5. The molecule has 3 aromatic rings. The Morgan fingerprint density at radius 1 is 0.868 bits per heavy atom. The van der Waals surface area contributed by atoms with E-state index < -0.39 is 6.04 Å². The average molecular weight is 507 g/mol. The highest BCUT2D eigenvalue weighted by atomic mass is 19.1. The van der Waals surface area contributed by atoms with Crippen molar-refractivity contribution in [1.29, 1.82) is 0 Å². The molecule has 1 heterocycles.